The van der Waals surface area contributed by atoms with Crippen LogP contribution in [0, 0.1) is 12.8 Å². The quantitative estimate of drug-likeness (QED) is 0.564. The average molecular weight is 467 g/mol. The summed E-state index contributed by atoms with van der Waals surface area (Å²) >= 11 is 0. The molecule has 7 heteroatoms. The van der Waals surface area contributed by atoms with Crippen molar-refractivity contribution in [2.75, 3.05) is 19.7 Å². The Balaban J connectivity index is 1.44. The summed E-state index contributed by atoms with van der Waals surface area (Å²) in [5.74, 6) is 0.207. The monoisotopic (exact) mass is 466 g/mol. The van der Waals surface area contributed by atoms with Gasteiger partial charge in [-0.05, 0) is 66.8 Å². The Morgan fingerprint density at radius 2 is 1.91 bits per heavy atom. The minimum atomic E-state index is -3.68. The molecule has 1 heterocycles. The Morgan fingerprint density at radius 3 is 2.70 bits per heavy atom. The highest BCUT2D eigenvalue weighted by molar-refractivity contribution is 7.89. The van der Waals surface area contributed by atoms with Crippen LogP contribution < -0.4 is 10.1 Å². The van der Waals surface area contributed by atoms with Crippen LogP contribution in [-0.4, -0.2) is 38.3 Å². The van der Waals surface area contributed by atoms with E-state index in [0.717, 1.165) is 21.9 Å². The minimum absolute atomic E-state index is 0.106. The SMILES string of the molecule is CCOc1ccc(S(=O)(=O)N2CCC[C@H](C(=O)NCc3cccc4ccccc34)C2)cc1C. The van der Waals surface area contributed by atoms with Gasteiger partial charge >= 0.3 is 0 Å². The number of amides is 1. The van der Waals surface area contributed by atoms with Crippen molar-refractivity contribution in [1.29, 1.82) is 0 Å². The van der Waals surface area contributed by atoms with Crippen LogP contribution in [0.5, 0.6) is 5.75 Å². The van der Waals surface area contributed by atoms with E-state index in [2.05, 4.69) is 5.32 Å². The van der Waals surface area contributed by atoms with Crippen molar-refractivity contribution in [3.8, 4) is 5.75 Å². The molecule has 0 spiro atoms. The molecule has 1 atom stereocenters. The van der Waals surface area contributed by atoms with Gasteiger partial charge in [0.1, 0.15) is 5.75 Å². The molecular formula is C26H30N2O4S. The maximum absolute atomic E-state index is 13.3. The van der Waals surface area contributed by atoms with E-state index in [1.807, 2.05) is 56.3 Å². The smallest absolute Gasteiger partial charge is 0.243 e. The second-order valence-corrected chi connectivity index (χ2v) is 10.4. The van der Waals surface area contributed by atoms with E-state index < -0.39 is 10.0 Å². The molecule has 1 fully saturated rings. The molecule has 4 rings (SSSR count). The summed E-state index contributed by atoms with van der Waals surface area (Å²) in [7, 11) is -3.68. The van der Waals surface area contributed by atoms with Gasteiger partial charge in [-0.3, -0.25) is 4.79 Å². The number of ether oxygens (including phenoxy) is 1. The first-order chi connectivity index (χ1) is 15.9. The van der Waals surface area contributed by atoms with E-state index >= 15 is 0 Å². The molecule has 0 unspecified atom stereocenters. The van der Waals surface area contributed by atoms with Gasteiger partial charge in [0, 0.05) is 19.6 Å². The lowest BCUT2D eigenvalue weighted by molar-refractivity contribution is -0.126. The summed E-state index contributed by atoms with van der Waals surface area (Å²) in [5, 5.41) is 5.27. The lowest BCUT2D eigenvalue weighted by Crippen LogP contribution is -2.45. The number of aryl methyl sites for hydroxylation is 1. The van der Waals surface area contributed by atoms with Gasteiger partial charge in [-0.2, -0.15) is 4.31 Å². The van der Waals surface area contributed by atoms with Crippen LogP contribution in [0.2, 0.25) is 0 Å². The molecule has 3 aromatic rings. The van der Waals surface area contributed by atoms with Crippen LogP contribution in [0.1, 0.15) is 30.9 Å². The lowest BCUT2D eigenvalue weighted by Gasteiger charge is -2.31. The van der Waals surface area contributed by atoms with E-state index in [0.29, 0.717) is 38.3 Å². The van der Waals surface area contributed by atoms with Crippen molar-refractivity contribution >= 4 is 26.7 Å². The van der Waals surface area contributed by atoms with Gasteiger partial charge in [0.25, 0.3) is 0 Å². The van der Waals surface area contributed by atoms with Crippen LogP contribution in [0.4, 0.5) is 0 Å². The first kappa shape index (κ1) is 23.3. The molecule has 1 aliphatic rings. The molecule has 0 radical (unpaired) electrons. The molecule has 6 nitrogen and oxygen atoms in total. The predicted molar refractivity (Wildman–Crippen MR) is 130 cm³/mol. The number of nitrogens with zero attached hydrogens (tertiary/aromatic N) is 1. The van der Waals surface area contributed by atoms with Gasteiger partial charge in [-0.25, -0.2) is 8.42 Å². The number of fused-ring (bicyclic) bond motifs is 1. The summed E-state index contributed by atoms with van der Waals surface area (Å²) in [6.45, 7) is 5.28. The van der Waals surface area contributed by atoms with Crippen LogP contribution in [0.15, 0.2) is 65.6 Å². The second-order valence-electron chi connectivity index (χ2n) is 8.42. The van der Waals surface area contributed by atoms with Crippen LogP contribution in [0.25, 0.3) is 10.8 Å². The number of benzene rings is 3. The number of hydrogen-bond acceptors (Lipinski definition) is 4. The third-order valence-electron chi connectivity index (χ3n) is 6.17. The number of rotatable bonds is 7. The van der Waals surface area contributed by atoms with Crippen molar-refractivity contribution in [2.45, 2.75) is 38.1 Å². The van der Waals surface area contributed by atoms with E-state index in [-0.39, 0.29) is 23.3 Å². The third kappa shape index (κ3) is 5.04. The molecule has 174 valence electrons. The first-order valence-corrected chi connectivity index (χ1v) is 12.8. The average Bonchev–Trinajstić information content (AvgIpc) is 2.84. The fourth-order valence-corrected chi connectivity index (χ4v) is 6.01. The Bertz CT molecular complexity index is 1250. The number of nitrogens with one attached hydrogen (secondary N) is 1. The number of piperidine rings is 1. The largest absolute Gasteiger partial charge is 0.494 e. The van der Waals surface area contributed by atoms with Crippen molar-refractivity contribution in [3.63, 3.8) is 0 Å². The zero-order valence-corrected chi connectivity index (χ0v) is 19.9. The molecule has 0 aliphatic carbocycles. The van der Waals surface area contributed by atoms with Crippen LogP contribution >= 0.6 is 0 Å². The maximum Gasteiger partial charge on any atom is 0.243 e. The fraction of sp³-hybridized carbons (Fsp3) is 0.346. The van der Waals surface area contributed by atoms with Crippen molar-refractivity contribution in [1.82, 2.24) is 9.62 Å². The number of hydrogen-bond donors (Lipinski definition) is 1. The molecule has 0 bridgehead atoms. The normalized spacial score (nSPS) is 17.1. The molecule has 33 heavy (non-hydrogen) atoms. The van der Waals surface area contributed by atoms with E-state index in [9.17, 15) is 13.2 Å². The van der Waals surface area contributed by atoms with E-state index in [1.54, 1.807) is 18.2 Å². The molecule has 0 saturated carbocycles. The van der Waals surface area contributed by atoms with Crippen molar-refractivity contribution < 1.29 is 17.9 Å². The highest BCUT2D eigenvalue weighted by Gasteiger charge is 2.33. The molecule has 1 amide bonds. The summed E-state index contributed by atoms with van der Waals surface area (Å²) in [5.41, 5.74) is 1.82. The van der Waals surface area contributed by atoms with Gasteiger partial charge in [-0.15, -0.1) is 0 Å². The Hall–Kier alpha value is -2.90. The van der Waals surface area contributed by atoms with Gasteiger partial charge in [0.15, 0.2) is 0 Å². The molecular weight excluding hydrogens is 436 g/mol. The highest BCUT2D eigenvalue weighted by atomic mass is 32.2. The van der Waals surface area contributed by atoms with Gasteiger partial charge in [0.2, 0.25) is 15.9 Å². The Labute approximate surface area is 195 Å². The molecule has 3 aromatic carbocycles. The molecule has 0 aromatic heterocycles. The Kier molecular flexibility index (Phi) is 7.00. The zero-order valence-electron chi connectivity index (χ0n) is 19.1. The number of sulfonamides is 1. The minimum Gasteiger partial charge on any atom is -0.494 e. The molecule has 1 aliphatic heterocycles. The topological polar surface area (TPSA) is 75.7 Å². The zero-order chi connectivity index (χ0) is 23.4. The first-order valence-electron chi connectivity index (χ1n) is 11.4. The Morgan fingerprint density at radius 1 is 1.12 bits per heavy atom. The summed E-state index contributed by atoms with van der Waals surface area (Å²) < 4.78 is 33.5. The summed E-state index contributed by atoms with van der Waals surface area (Å²) in [6.07, 6.45) is 1.33. The summed E-state index contributed by atoms with van der Waals surface area (Å²) in [4.78, 5) is 13.2. The van der Waals surface area contributed by atoms with Gasteiger partial charge in [-0.1, -0.05) is 42.5 Å². The third-order valence-corrected chi connectivity index (χ3v) is 8.03. The van der Waals surface area contributed by atoms with Crippen molar-refractivity contribution in [3.05, 3.63) is 71.8 Å². The highest BCUT2D eigenvalue weighted by Crippen LogP contribution is 2.27. The van der Waals surface area contributed by atoms with Gasteiger partial charge in [0.05, 0.1) is 17.4 Å². The maximum atomic E-state index is 13.3. The summed E-state index contributed by atoms with van der Waals surface area (Å²) in [6, 6.07) is 19.0. The molecule has 1 saturated heterocycles. The lowest BCUT2D eigenvalue weighted by atomic mass is 9.98. The fourth-order valence-electron chi connectivity index (χ4n) is 4.40. The van der Waals surface area contributed by atoms with Crippen LogP contribution in [-0.2, 0) is 21.4 Å². The standard InChI is InChI=1S/C26H30N2O4S/c1-3-32-25-14-13-23(16-19(25)2)33(30,31)28-15-7-11-22(18-28)26(29)27-17-21-10-6-9-20-8-4-5-12-24(20)21/h4-6,8-10,12-14,16,22H,3,7,11,15,17-18H2,1-2H3,(H,27,29)/t22-/m0/s1. The van der Waals surface area contributed by atoms with Crippen LogP contribution in [0.3, 0.4) is 0 Å². The van der Waals surface area contributed by atoms with E-state index in [4.69, 9.17) is 4.74 Å². The predicted octanol–water partition coefficient (Wildman–Crippen LogP) is 4.26. The number of carbonyl (C=O) groups excluding carboxylic acids is 1. The second kappa shape index (κ2) is 9.93. The number of carbonyl (C=O) groups is 1. The van der Waals surface area contributed by atoms with Gasteiger partial charge < -0.3 is 10.1 Å². The molecule has 1 N–H and O–H groups in total. The van der Waals surface area contributed by atoms with E-state index in [1.165, 1.54) is 4.31 Å². The van der Waals surface area contributed by atoms with Crippen molar-refractivity contribution in [2.24, 2.45) is 5.92 Å².